The molecule has 0 N–H and O–H groups in total. The van der Waals surface area contributed by atoms with Crippen LogP contribution in [0.5, 0.6) is 0 Å². The van der Waals surface area contributed by atoms with Crippen LogP contribution in [0.15, 0.2) is 170 Å². The molecular formula is C77H122O6. The van der Waals surface area contributed by atoms with Gasteiger partial charge in [-0.3, -0.25) is 14.4 Å². The SMILES string of the molecule is CC/C=C\C/C=C\C/C=C\C/C=C\C/C=C\C/C=C\CCCCCCCCCCCCCCCCC(=O)OCC(COC(=O)CCCC/C=C\C/C=C\C/C=C\C/C=C\CC)OC(=O)CCCCCC/C=C\C/C=C\C/C=C\C/C=C\CC. The summed E-state index contributed by atoms with van der Waals surface area (Å²) in [7, 11) is 0. The van der Waals surface area contributed by atoms with Gasteiger partial charge in [0.25, 0.3) is 0 Å². The number of ether oxygens (including phenoxy) is 3. The van der Waals surface area contributed by atoms with Crippen LogP contribution in [0.25, 0.3) is 0 Å². The monoisotopic (exact) mass is 1140 g/mol. The Labute approximate surface area is 511 Å². The van der Waals surface area contributed by atoms with E-state index in [0.717, 1.165) is 154 Å². The van der Waals surface area contributed by atoms with Crippen molar-refractivity contribution in [2.24, 2.45) is 0 Å². The minimum Gasteiger partial charge on any atom is -0.462 e. The van der Waals surface area contributed by atoms with Gasteiger partial charge in [-0.15, -0.1) is 0 Å². The van der Waals surface area contributed by atoms with Crippen molar-refractivity contribution in [1.29, 1.82) is 0 Å². The fourth-order valence-electron chi connectivity index (χ4n) is 8.78. The highest BCUT2D eigenvalue weighted by atomic mass is 16.6. The van der Waals surface area contributed by atoms with E-state index in [1.807, 2.05) is 0 Å². The van der Waals surface area contributed by atoms with E-state index in [2.05, 4.69) is 191 Å². The highest BCUT2D eigenvalue weighted by Gasteiger charge is 2.19. The molecule has 0 aliphatic rings. The molecular weight excluding hydrogens is 1020 g/mol. The minimum absolute atomic E-state index is 0.108. The van der Waals surface area contributed by atoms with Crippen LogP contribution in [0.3, 0.4) is 0 Å². The molecule has 0 aliphatic carbocycles. The van der Waals surface area contributed by atoms with E-state index in [-0.39, 0.29) is 37.5 Å². The number of unbranched alkanes of at least 4 members (excludes halogenated alkanes) is 20. The van der Waals surface area contributed by atoms with Crippen LogP contribution in [-0.4, -0.2) is 37.2 Å². The van der Waals surface area contributed by atoms with Gasteiger partial charge in [-0.1, -0.05) is 281 Å². The summed E-state index contributed by atoms with van der Waals surface area (Å²) in [6.45, 7) is 6.24. The maximum Gasteiger partial charge on any atom is 0.306 e. The zero-order valence-corrected chi connectivity index (χ0v) is 53.4. The predicted molar refractivity (Wildman–Crippen MR) is 361 cm³/mol. The zero-order valence-electron chi connectivity index (χ0n) is 53.4. The van der Waals surface area contributed by atoms with Crippen LogP contribution in [0.1, 0.15) is 278 Å². The first-order valence-corrected chi connectivity index (χ1v) is 33.6. The second-order valence-corrected chi connectivity index (χ2v) is 21.6. The molecule has 0 aromatic heterocycles. The molecule has 1 atom stereocenters. The lowest BCUT2D eigenvalue weighted by molar-refractivity contribution is -0.167. The van der Waals surface area contributed by atoms with Gasteiger partial charge in [0.2, 0.25) is 0 Å². The molecule has 0 amide bonds. The molecule has 0 aromatic carbocycles. The maximum atomic E-state index is 12.9. The standard InChI is InChI=1S/C77H122O6/c1-4-7-10-13-16-19-22-25-28-30-31-32-33-34-35-36-37-38-39-40-41-42-43-44-45-47-49-52-55-58-61-64-67-70-76(79)82-73-74(72-81-75(78)69-66-63-60-57-54-51-48-27-24-21-18-15-12-9-6-3)83-77(80)71-68-65-62-59-56-53-50-46-29-26-23-20-17-14-11-8-5-2/h7-12,16-21,25-29,31-32,34-35,37-38,48,50,53-54,57,74H,4-6,13-15,22-24,30,33,36,39-47,49,51-52,55-56,58-73H2,1-3H3/b10-7-,11-8-,12-9-,19-16-,20-17-,21-18-,28-25-,29-26-,32-31-,35-34-,38-37-,48-27-,53-50-,57-54-. The Morgan fingerprint density at radius 2 is 0.434 bits per heavy atom. The first-order chi connectivity index (χ1) is 41.0. The van der Waals surface area contributed by atoms with Crippen molar-refractivity contribution in [2.75, 3.05) is 13.2 Å². The third-order valence-corrected chi connectivity index (χ3v) is 13.7. The number of esters is 3. The fourth-order valence-corrected chi connectivity index (χ4v) is 8.78. The number of rotatable bonds is 59. The van der Waals surface area contributed by atoms with Crippen molar-refractivity contribution in [3.8, 4) is 0 Å². The summed E-state index contributed by atoms with van der Waals surface area (Å²) in [5.74, 6) is -0.977. The predicted octanol–water partition coefficient (Wildman–Crippen LogP) is 23.4. The van der Waals surface area contributed by atoms with Crippen molar-refractivity contribution in [3.05, 3.63) is 170 Å². The second-order valence-electron chi connectivity index (χ2n) is 21.6. The Morgan fingerprint density at radius 3 is 0.699 bits per heavy atom. The van der Waals surface area contributed by atoms with E-state index in [1.165, 1.54) is 77.0 Å². The number of carbonyl (C=O) groups is 3. The lowest BCUT2D eigenvalue weighted by atomic mass is 10.0. The molecule has 0 bridgehead atoms. The van der Waals surface area contributed by atoms with Gasteiger partial charge < -0.3 is 14.2 Å². The van der Waals surface area contributed by atoms with Crippen molar-refractivity contribution in [3.63, 3.8) is 0 Å². The summed E-state index contributed by atoms with van der Waals surface area (Å²) in [6.07, 6.45) is 102. The Kier molecular flexibility index (Phi) is 64.9. The lowest BCUT2D eigenvalue weighted by Crippen LogP contribution is -2.30. The molecule has 0 aromatic rings. The van der Waals surface area contributed by atoms with Gasteiger partial charge >= 0.3 is 17.9 Å². The van der Waals surface area contributed by atoms with Crippen LogP contribution >= 0.6 is 0 Å². The fraction of sp³-hybridized carbons (Fsp3) is 0.597. The Morgan fingerprint density at radius 1 is 0.241 bits per heavy atom. The van der Waals surface area contributed by atoms with Gasteiger partial charge in [0, 0.05) is 19.3 Å². The maximum absolute atomic E-state index is 12.9. The van der Waals surface area contributed by atoms with Gasteiger partial charge in [-0.05, 0) is 148 Å². The first-order valence-electron chi connectivity index (χ1n) is 33.6. The Balaban J connectivity index is 4.32. The topological polar surface area (TPSA) is 78.9 Å². The molecule has 0 spiro atoms. The Hall–Kier alpha value is -5.23. The van der Waals surface area contributed by atoms with Crippen molar-refractivity contribution < 1.29 is 28.6 Å². The third-order valence-electron chi connectivity index (χ3n) is 13.7. The van der Waals surface area contributed by atoms with Crippen LogP contribution in [0, 0.1) is 0 Å². The summed E-state index contributed by atoms with van der Waals surface area (Å²) in [5, 5.41) is 0. The third kappa shape index (κ3) is 67.4. The number of hydrogen-bond acceptors (Lipinski definition) is 6. The summed E-state index contributed by atoms with van der Waals surface area (Å²) >= 11 is 0. The van der Waals surface area contributed by atoms with E-state index in [0.29, 0.717) is 19.3 Å². The molecule has 0 saturated carbocycles. The van der Waals surface area contributed by atoms with Gasteiger partial charge in [0.05, 0.1) is 0 Å². The quantitative estimate of drug-likeness (QED) is 0.0261. The van der Waals surface area contributed by atoms with Crippen LogP contribution in [0.4, 0.5) is 0 Å². The van der Waals surface area contributed by atoms with E-state index < -0.39 is 6.10 Å². The first kappa shape index (κ1) is 77.8. The molecule has 0 saturated heterocycles. The highest BCUT2D eigenvalue weighted by Crippen LogP contribution is 2.15. The zero-order chi connectivity index (χ0) is 59.9. The van der Waals surface area contributed by atoms with Crippen LogP contribution in [0.2, 0.25) is 0 Å². The molecule has 466 valence electrons. The molecule has 0 fully saturated rings. The van der Waals surface area contributed by atoms with Gasteiger partial charge in [0.15, 0.2) is 6.10 Å². The van der Waals surface area contributed by atoms with E-state index in [4.69, 9.17) is 14.2 Å². The van der Waals surface area contributed by atoms with E-state index >= 15 is 0 Å². The minimum atomic E-state index is -0.817. The van der Waals surface area contributed by atoms with Gasteiger partial charge in [0.1, 0.15) is 13.2 Å². The van der Waals surface area contributed by atoms with Crippen LogP contribution < -0.4 is 0 Å². The van der Waals surface area contributed by atoms with Crippen molar-refractivity contribution in [1.82, 2.24) is 0 Å². The van der Waals surface area contributed by atoms with Crippen LogP contribution in [-0.2, 0) is 28.6 Å². The molecule has 6 heteroatoms. The highest BCUT2D eigenvalue weighted by molar-refractivity contribution is 5.71. The number of hydrogen-bond donors (Lipinski definition) is 0. The largest absolute Gasteiger partial charge is 0.462 e. The average molecular weight is 1140 g/mol. The second kappa shape index (κ2) is 69.3. The summed E-state index contributed by atoms with van der Waals surface area (Å²) < 4.78 is 16.9. The van der Waals surface area contributed by atoms with Crippen molar-refractivity contribution >= 4 is 17.9 Å². The van der Waals surface area contributed by atoms with Crippen molar-refractivity contribution in [2.45, 2.75) is 284 Å². The average Bonchev–Trinajstić information content (AvgIpc) is 3.49. The summed E-state index contributed by atoms with van der Waals surface area (Å²) in [6, 6.07) is 0. The van der Waals surface area contributed by atoms with E-state index in [1.54, 1.807) is 0 Å². The molecule has 1 unspecified atom stereocenters. The summed E-state index contributed by atoms with van der Waals surface area (Å²) in [4.78, 5) is 38.3. The molecule has 0 rings (SSSR count). The number of carbonyl (C=O) groups excluding carboxylic acids is 3. The van der Waals surface area contributed by atoms with E-state index in [9.17, 15) is 14.4 Å². The Bertz CT molecular complexity index is 1890. The molecule has 0 aliphatic heterocycles. The van der Waals surface area contributed by atoms with Gasteiger partial charge in [-0.25, -0.2) is 0 Å². The smallest absolute Gasteiger partial charge is 0.306 e. The number of allylic oxidation sites excluding steroid dienone is 28. The summed E-state index contributed by atoms with van der Waals surface area (Å²) in [5.41, 5.74) is 0. The lowest BCUT2D eigenvalue weighted by Gasteiger charge is -2.18. The molecule has 0 radical (unpaired) electrons. The molecule has 0 heterocycles. The van der Waals surface area contributed by atoms with Gasteiger partial charge in [-0.2, -0.15) is 0 Å². The normalized spacial score (nSPS) is 13.2. The molecule has 6 nitrogen and oxygen atoms in total. The molecule has 83 heavy (non-hydrogen) atoms.